The average molecular weight is 565 g/mol. The zero-order valence-corrected chi connectivity index (χ0v) is 29.4. The van der Waals surface area contributed by atoms with E-state index in [1.54, 1.807) is 0 Å². The predicted octanol–water partition coefficient (Wildman–Crippen LogP) is 8.43. The van der Waals surface area contributed by atoms with Crippen molar-refractivity contribution in [1.82, 2.24) is 0 Å². The maximum absolute atomic E-state index is 12.3. The molecule has 6 atom stereocenters. The molecule has 0 amide bonds. The molecule has 0 aromatic heterocycles. The minimum absolute atomic E-state index is 0.0581. The van der Waals surface area contributed by atoms with Crippen molar-refractivity contribution in [3.05, 3.63) is 24.0 Å². The number of unbranched alkanes of at least 4 members (excludes halogenated alkanes) is 1. The van der Waals surface area contributed by atoms with Crippen molar-refractivity contribution in [3.63, 3.8) is 0 Å². The van der Waals surface area contributed by atoms with Gasteiger partial charge in [-0.3, -0.25) is 4.79 Å². The first kappa shape index (κ1) is 33.4. The van der Waals surface area contributed by atoms with Crippen LogP contribution in [0.1, 0.15) is 101 Å². The summed E-state index contributed by atoms with van der Waals surface area (Å²) in [5.74, 6) is 1.72. The van der Waals surface area contributed by atoms with Gasteiger partial charge in [0, 0.05) is 18.8 Å². The van der Waals surface area contributed by atoms with Gasteiger partial charge in [-0.25, -0.2) is 0 Å². The Kier molecular flexibility index (Phi) is 10.8. The van der Waals surface area contributed by atoms with Crippen LogP contribution >= 0.6 is 0 Å². The Labute approximate surface area is 238 Å². The maximum Gasteiger partial charge on any atom is 0.303 e. The fourth-order valence-electron chi connectivity index (χ4n) is 6.98. The van der Waals surface area contributed by atoms with E-state index in [-0.39, 0.29) is 40.2 Å². The quantitative estimate of drug-likeness (QED) is 0.109. The van der Waals surface area contributed by atoms with Crippen molar-refractivity contribution >= 4 is 24.0 Å². The van der Waals surface area contributed by atoms with Crippen LogP contribution in [0.15, 0.2) is 24.0 Å². The lowest BCUT2D eigenvalue weighted by Crippen LogP contribution is -2.48. The molecule has 2 saturated carbocycles. The Bertz CT molecular complexity index is 866. The van der Waals surface area contributed by atoms with Gasteiger partial charge in [0.15, 0.2) is 15.1 Å². The van der Waals surface area contributed by atoms with E-state index in [1.807, 2.05) is 0 Å². The van der Waals surface area contributed by atoms with Crippen LogP contribution in [0.3, 0.4) is 0 Å². The van der Waals surface area contributed by atoms with Gasteiger partial charge in [-0.1, -0.05) is 74.8 Å². The summed E-state index contributed by atoms with van der Waals surface area (Å²) in [4.78, 5) is 12.3. The molecule has 0 heterocycles. The molecular formula is C32H60O4Si2. The average Bonchev–Trinajstić information content (AvgIpc) is 3.18. The van der Waals surface area contributed by atoms with Crippen LogP contribution in [0.25, 0.3) is 0 Å². The number of rotatable bonds is 11. The highest BCUT2D eigenvalue weighted by Gasteiger charge is 2.66. The van der Waals surface area contributed by atoms with E-state index >= 15 is 0 Å². The predicted molar refractivity (Wildman–Crippen MR) is 166 cm³/mol. The third kappa shape index (κ3) is 7.26. The molecule has 6 heteroatoms. The van der Waals surface area contributed by atoms with Gasteiger partial charge in [0.25, 0.3) is 0 Å². The molecule has 2 aliphatic carbocycles. The second-order valence-corrected chi connectivity index (χ2v) is 19.8. The molecule has 4 nitrogen and oxygen atoms in total. The molecule has 0 aromatic carbocycles. The van der Waals surface area contributed by atoms with Gasteiger partial charge in [-0.15, -0.1) is 0 Å². The minimum atomic E-state index is -1.45. The third-order valence-corrected chi connectivity index (χ3v) is 11.2. The molecule has 0 saturated heterocycles. The van der Waals surface area contributed by atoms with Gasteiger partial charge >= 0.3 is 5.97 Å². The Balaban J connectivity index is 2.69. The van der Waals surface area contributed by atoms with Crippen molar-refractivity contribution in [1.29, 1.82) is 0 Å². The number of allylic oxidation sites excluding steroid dienone is 2. The number of fused-ring (bicyclic) bond motifs is 1. The lowest BCUT2D eigenvalue weighted by Gasteiger charge is -2.43. The Hall–Kier alpha value is -0.856. The van der Waals surface area contributed by atoms with E-state index in [1.165, 1.54) is 31.9 Å². The zero-order chi connectivity index (χ0) is 29.3. The lowest BCUT2D eigenvalue weighted by molar-refractivity contribution is -0.155. The minimum Gasteiger partial charge on any atom is -0.550 e. The summed E-state index contributed by atoms with van der Waals surface area (Å²) in [5, 5.41) is 0. The number of esters is 1. The van der Waals surface area contributed by atoms with Crippen LogP contribution in [0.4, 0.5) is 0 Å². The van der Waals surface area contributed by atoms with E-state index in [2.05, 4.69) is 94.2 Å². The number of hydrogen-bond donors (Lipinski definition) is 0. The molecular weight excluding hydrogens is 505 g/mol. The highest BCUT2D eigenvalue weighted by molar-refractivity contribution is 6.49. The Morgan fingerprint density at radius 1 is 1.08 bits per heavy atom. The number of ether oxygens (including phenoxy) is 1. The van der Waals surface area contributed by atoms with E-state index in [0.29, 0.717) is 5.92 Å². The van der Waals surface area contributed by atoms with Crippen LogP contribution in [-0.4, -0.2) is 35.8 Å². The molecule has 0 radical (unpaired) electrons. The fourth-order valence-corrected chi connectivity index (χ4v) is 9.05. The summed E-state index contributed by atoms with van der Waals surface area (Å²) in [6.45, 7) is 33.9. The molecule has 2 rings (SSSR count). The molecule has 0 spiro atoms. The molecule has 0 N–H and O–H groups in total. The largest absolute Gasteiger partial charge is 0.550 e. The van der Waals surface area contributed by atoms with Gasteiger partial charge in [0.1, 0.15) is 5.60 Å². The summed E-state index contributed by atoms with van der Waals surface area (Å²) in [6.07, 6.45) is 8.47. The van der Waals surface area contributed by atoms with Crippen molar-refractivity contribution in [2.24, 2.45) is 34.0 Å². The molecule has 2 fully saturated rings. The highest BCUT2D eigenvalue weighted by atomic mass is 28.3. The van der Waals surface area contributed by atoms with Crippen molar-refractivity contribution in [3.8, 4) is 0 Å². The molecule has 0 bridgehead atoms. The molecule has 0 aliphatic heterocycles. The molecule has 0 aromatic rings. The standard InChI is InChI=1S/C32H60O4Si2/c1-15-16-18-31(10,30(7,8)9)19-17-26(35-37(11)12)27-24-20-22(2)28(34-23(3)33)32(24,36-38(13)14)21-25(27)29(4,5)6/h17,24-25,27-28,37-38H,2,15-16,18-21H2,1,3-14H3/t24-,25+,27+,28?,31?,32-/m0/s1. The molecule has 2 aliphatic rings. The number of carbonyl (C=O) groups is 1. The first-order valence-corrected chi connectivity index (χ1v) is 20.7. The third-order valence-electron chi connectivity index (χ3n) is 9.53. The van der Waals surface area contributed by atoms with E-state index in [9.17, 15) is 4.79 Å². The van der Waals surface area contributed by atoms with Gasteiger partial charge in [0.05, 0.1) is 5.76 Å². The summed E-state index contributed by atoms with van der Waals surface area (Å²) >= 11 is 0. The lowest BCUT2D eigenvalue weighted by atomic mass is 9.63. The number of hydrogen-bond acceptors (Lipinski definition) is 4. The van der Waals surface area contributed by atoms with Gasteiger partial charge in [0.2, 0.25) is 9.04 Å². The SMILES string of the molecule is C=C1C[C@H]2[C@@H](C(=CCC(C)(CCCC)C(C)(C)C)O[SiH](C)C)[C@H](C(C)(C)C)C[C@@]2(O[SiH](C)C)C1OC(C)=O. The summed E-state index contributed by atoms with van der Waals surface area (Å²) in [7, 11) is -2.82. The fraction of sp³-hybridized carbons (Fsp3) is 0.844. The first-order chi connectivity index (χ1) is 17.3. The summed E-state index contributed by atoms with van der Waals surface area (Å²) < 4.78 is 19.9. The maximum atomic E-state index is 12.3. The van der Waals surface area contributed by atoms with Crippen molar-refractivity contribution in [2.45, 2.75) is 139 Å². The monoisotopic (exact) mass is 564 g/mol. The number of carbonyl (C=O) groups excluding carboxylic acids is 1. The van der Waals surface area contributed by atoms with Crippen LogP contribution in [-0.2, 0) is 18.4 Å². The van der Waals surface area contributed by atoms with Crippen molar-refractivity contribution < 1.29 is 18.4 Å². The zero-order valence-electron chi connectivity index (χ0n) is 27.1. The smallest absolute Gasteiger partial charge is 0.303 e. The summed E-state index contributed by atoms with van der Waals surface area (Å²) in [5.41, 5.74) is 0.923. The Morgan fingerprint density at radius 2 is 1.68 bits per heavy atom. The van der Waals surface area contributed by atoms with E-state index in [0.717, 1.165) is 24.8 Å². The van der Waals surface area contributed by atoms with E-state index < -0.39 is 23.7 Å². The topological polar surface area (TPSA) is 44.8 Å². The molecule has 2 unspecified atom stereocenters. The second kappa shape index (κ2) is 12.3. The molecule has 220 valence electrons. The second-order valence-electron chi connectivity index (χ2n) is 15.2. The van der Waals surface area contributed by atoms with Crippen LogP contribution in [0.5, 0.6) is 0 Å². The van der Waals surface area contributed by atoms with Crippen molar-refractivity contribution in [2.75, 3.05) is 0 Å². The van der Waals surface area contributed by atoms with Crippen LogP contribution in [0.2, 0.25) is 26.2 Å². The normalized spacial score (nSPS) is 30.1. The first-order valence-electron chi connectivity index (χ1n) is 15.2. The van der Waals surface area contributed by atoms with Crippen LogP contribution < -0.4 is 0 Å². The highest BCUT2D eigenvalue weighted by Crippen LogP contribution is 2.63. The summed E-state index contributed by atoms with van der Waals surface area (Å²) in [6, 6.07) is 0. The Morgan fingerprint density at radius 3 is 2.13 bits per heavy atom. The van der Waals surface area contributed by atoms with Gasteiger partial charge in [-0.05, 0) is 85.7 Å². The van der Waals surface area contributed by atoms with Crippen LogP contribution in [0, 0.1) is 34.0 Å². The van der Waals surface area contributed by atoms with Gasteiger partial charge in [-0.2, -0.15) is 0 Å². The van der Waals surface area contributed by atoms with Gasteiger partial charge < -0.3 is 13.6 Å². The molecule has 38 heavy (non-hydrogen) atoms. The van der Waals surface area contributed by atoms with E-state index in [4.69, 9.17) is 13.6 Å².